The molecule has 0 bridgehead atoms. The van der Waals surface area contributed by atoms with E-state index in [1.165, 1.54) is 0 Å². The van der Waals surface area contributed by atoms with Gasteiger partial charge in [0, 0.05) is 20.0 Å². The molecule has 156 valence electrons. The van der Waals surface area contributed by atoms with E-state index in [4.69, 9.17) is 22.1 Å². The minimum atomic E-state index is -0.198. The fourth-order valence-corrected chi connectivity index (χ4v) is 3.50. The standard InChI is InChI=1S/C20H22ClN7O2/c1-27-11-23-14-10-13(4-6-15(14)27)5-7-16(29)30-9-3-2-8-28-12-24-17-18(22)25-20(21)26-19(17)28/h4,6,10-12H,2-3,5,7-9H2,1H3,(H2,22,25,26). The van der Waals surface area contributed by atoms with Crippen LogP contribution in [0.25, 0.3) is 22.2 Å². The van der Waals surface area contributed by atoms with Gasteiger partial charge < -0.3 is 19.6 Å². The van der Waals surface area contributed by atoms with Crippen molar-refractivity contribution in [3.8, 4) is 0 Å². The van der Waals surface area contributed by atoms with Gasteiger partial charge >= 0.3 is 5.97 Å². The number of carbonyl (C=O) groups is 1. The molecule has 0 amide bonds. The number of nitrogens with zero attached hydrogens (tertiary/aromatic N) is 6. The van der Waals surface area contributed by atoms with Crippen molar-refractivity contribution in [1.82, 2.24) is 29.1 Å². The second-order valence-corrected chi connectivity index (χ2v) is 7.43. The zero-order valence-electron chi connectivity index (χ0n) is 16.6. The topological polar surface area (TPSA) is 114 Å². The van der Waals surface area contributed by atoms with E-state index in [2.05, 4.69) is 19.9 Å². The molecule has 0 spiro atoms. The molecule has 2 N–H and O–H groups in total. The molecule has 0 radical (unpaired) electrons. The number of hydrogen-bond donors (Lipinski definition) is 1. The Morgan fingerprint density at radius 3 is 2.93 bits per heavy atom. The quantitative estimate of drug-likeness (QED) is 0.261. The highest BCUT2D eigenvalue weighted by atomic mass is 35.5. The maximum Gasteiger partial charge on any atom is 0.306 e. The SMILES string of the molecule is Cn1cnc2cc(CCC(=O)OCCCCn3cnc4c(N)nc(Cl)nc43)ccc21. The summed E-state index contributed by atoms with van der Waals surface area (Å²) in [6, 6.07) is 6.06. The summed E-state index contributed by atoms with van der Waals surface area (Å²) in [5, 5.41) is 0.0953. The van der Waals surface area contributed by atoms with E-state index in [0.717, 1.165) is 29.4 Å². The molecule has 0 aliphatic rings. The first-order valence-corrected chi connectivity index (χ1v) is 10.1. The van der Waals surface area contributed by atoms with Crippen LogP contribution in [0.4, 0.5) is 5.82 Å². The van der Waals surface area contributed by atoms with Crippen molar-refractivity contribution in [1.29, 1.82) is 0 Å². The Morgan fingerprint density at radius 2 is 2.07 bits per heavy atom. The minimum absolute atomic E-state index is 0.0953. The smallest absolute Gasteiger partial charge is 0.306 e. The molecule has 0 saturated carbocycles. The molecule has 0 aliphatic heterocycles. The van der Waals surface area contributed by atoms with Crippen LogP contribution in [0, 0.1) is 0 Å². The van der Waals surface area contributed by atoms with Gasteiger partial charge in [-0.3, -0.25) is 4.79 Å². The van der Waals surface area contributed by atoms with Crippen LogP contribution in [0.5, 0.6) is 0 Å². The largest absolute Gasteiger partial charge is 0.466 e. The molecule has 3 heterocycles. The third-order valence-corrected chi connectivity index (χ3v) is 5.10. The van der Waals surface area contributed by atoms with Gasteiger partial charge in [-0.25, -0.2) is 9.97 Å². The number of carbonyl (C=O) groups excluding carboxylic acids is 1. The lowest BCUT2D eigenvalue weighted by atomic mass is 10.1. The average molecular weight is 428 g/mol. The molecule has 3 aromatic heterocycles. The Morgan fingerprint density at radius 1 is 1.20 bits per heavy atom. The fraction of sp³-hybridized carbons (Fsp3) is 0.350. The third kappa shape index (κ3) is 4.35. The first-order valence-electron chi connectivity index (χ1n) is 9.70. The number of nitrogen functional groups attached to an aromatic ring is 1. The Labute approximate surface area is 177 Å². The van der Waals surface area contributed by atoms with E-state index in [1.807, 2.05) is 34.4 Å². The number of imidazole rings is 2. The molecule has 0 atom stereocenters. The molecule has 10 heteroatoms. The van der Waals surface area contributed by atoms with Gasteiger partial charge in [0.2, 0.25) is 5.28 Å². The molecular weight excluding hydrogens is 406 g/mol. The van der Waals surface area contributed by atoms with E-state index < -0.39 is 0 Å². The predicted molar refractivity (Wildman–Crippen MR) is 114 cm³/mol. The number of hydrogen-bond acceptors (Lipinski definition) is 7. The van der Waals surface area contributed by atoms with E-state index in [1.54, 1.807) is 12.7 Å². The van der Waals surface area contributed by atoms with Crippen molar-refractivity contribution in [2.45, 2.75) is 32.2 Å². The van der Waals surface area contributed by atoms with Crippen molar-refractivity contribution in [3.63, 3.8) is 0 Å². The maximum atomic E-state index is 12.0. The molecular formula is C20H22ClN7O2. The first-order chi connectivity index (χ1) is 14.5. The monoisotopic (exact) mass is 427 g/mol. The van der Waals surface area contributed by atoms with E-state index >= 15 is 0 Å². The summed E-state index contributed by atoms with van der Waals surface area (Å²) in [5.41, 5.74) is 10.0. The highest BCUT2D eigenvalue weighted by molar-refractivity contribution is 6.28. The molecule has 0 fully saturated rings. The Kier molecular flexibility index (Phi) is 5.80. The molecule has 0 unspecified atom stereocenters. The number of anilines is 1. The lowest BCUT2D eigenvalue weighted by Gasteiger charge is -2.06. The molecule has 4 aromatic rings. The lowest BCUT2D eigenvalue weighted by Crippen LogP contribution is -2.08. The highest BCUT2D eigenvalue weighted by Gasteiger charge is 2.10. The number of nitrogens with two attached hydrogens (primary N) is 1. The summed E-state index contributed by atoms with van der Waals surface area (Å²) in [6.45, 7) is 1.05. The van der Waals surface area contributed by atoms with Gasteiger partial charge in [0.1, 0.15) is 5.52 Å². The Hall–Kier alpha value is -3.20. The van der Waals surface area contributed by atoms with Gasteiger partial charge in [0.15, 0.2) is 11.5 Å². The molecule has 0 aliphatic carbocycles. The molecule has 4 rings (SSSR count). The molecule has 30 heavy (non-hydrogen) atoms. The molecule has 9 nitrogen and oxygen atoms in total. The predicted octanol–water partition coefficient (Wildman–Crippen LogP) is 2.90. The number of benzene rings is 1. The number of aromatic nitrogens is 6. The number of ether oxygens (including phenoxy) is 1. The van der Waals surface area contributed by atoms with Crippen LogP contribution in [-0.2, 0) is 29.5 Å². The number of esters is 1. The number of rotatable bonds is 8. The summed E-state index contributed by atoms with van der Waals surface area (Å²) < 4.78 is 9.19. The van der Waals surface area contributed by atoms with Crippen LogP contribution < -0.4 is 5.73 Å². The number of aryl methyl sites for hydroxylation is 3. The van der Waals surface area contributed by atoms with Gasteiger partial charge in [-0.15, -0.1) is 0 Å². The van der Waals surface area contributed by atoms with Gasteiger partial charge in [-0.2, -0.15) is 9.97 Å². The Balaban J connectivity index is 1.19. The van der Waals surface area contributed by atoms with Gasteiger partial charge in [0.05, 0.1) is 30.3 Å². The first kappa shape index (κ1) is 20.1. The van der Waals surface area contributed by atoms with Crippen molar-refractivity contribution in [2.75, 3.05) is 12.3 Å². The summed E-state index contributed by atoms with van der Waals surface area (Å²) in [6.07, 6.45) is 5.96. The van der Waals surface area contributed by atoms with Crippen molar-refractivity contribution < 1.29 is 9.53 Å². The lowest BCUT2D eigenvalue weighted by molar-refractivity contribution is -0.143. The van der Waals surface area contributed by atoms with E-state index in [9.17, 15) is 4.79 Å². The maximum absolute atomic E-state index is 12.0. The third-order valence-electron chi connectivity index (χ3n) is 4.93. The zero-order valence-corrected chi connectivity index (χ0v) is 17.3. The average Bonchev–Trinajstić information content (AvgIpc) is 3.30. The highest BCUT2D eigenvalue weighted by Crippen LogP contribution is 2.19. The summed E-state index contributed by atoms with van der Waals surface area (Å²) >= 11 is 5.87. The second kappa shape index (κ2) is 8.66. The van der Waals surface area contributed by atoms with Crippen LogP contribution >= 0.6 is 11.6 Å². The van der Waals surface area contributed by atoms with E-state index in [-0.39, 0.29) is 17.1 Å². The van der Waals surface area contributed by atoms with Crippen LogP contribution in [-0.4, -0.2) is 41.6 Å². The van der Waals surface area contributed by atoms with Crippen molar-refractivity contribution in [3.05, 3.63) is 41.7 Å². The summed E-state index contributed by atoms with van der Waals surface area (Å²) in [7, 11) is 1.96. The minimum Gasteiger partial charge on any atom is -0.466 e. The van der Waals surface area contributed by atoms with Crippen LogP contribution in [0.15, 0.2) is 30.9 Å². The molecule has 0 saturated heterocycles. The van der Waals surface area contributed by atoms with Crippen molar-refractivity contribution >= 4 is 45.6 Å². The summed E-state index contributed by atoms with van der Waals surface area (Å²) in [4.78, 5) is 28.7. The van der Waals surface area contributed by atoms with Crippen LogP contribution in [0.3, 0.4) is 0 Å². The van der Waals surface area contributed by atoms with E-state index in [0.29, 0.717) is 37.2 Å². The van der Waals surface area contributed by atoms with Gasteiger partial charge in [-0.1, -0.05) is 6.07 Å². The van der Waals surface area contributed by atoms with Crippen LogP contribution in [0.2, 0.25) is 5.28 Å². The number of fused-ring (bicyclic) bond motifs is 2. The molecule has 1 aromatic carbocycles. The number of halogens is 1. The van der Waals surface area contributed by atoms with Crippen LogP contribution in [0.1, 0.15) is 24.8 Å². The fourth-order valence-electron chi connectivity index (χ4n) is 3.33. The normalized spacial score (nSPS) is 11.4. The van der Waals surface area contributed by atoms with Crippen molar-refractivity contribution in [2.24, 2.45) is 7.05 Å². The summed E-state index contributed by atoms with van der Waals surface area (Å²) in [5.74, 6) is 0.0661. The number of unbranched alkanes of at least 4 members (excludes halogenated alkanes) is 1. The van der Waals surface area contributed by atoms with Gasteiger partial charge in [-0.05, 0) is 48.6 Å². The zero-order chi connectivity index (χ0) is 21.1. The van der Waals surface area contributed by atoms with Gasteiger partial charge in [0.25, 0.3) is 0 Å². The second-order valence-electron chi connectivity index (χ2n) is 7.09. The Bertz CT molecular complexity index is 1200.